The van der Waals surface area contributed by atoms with Gasteiger partial charge < -0.3 is 0 Å². The number of hydrogen-bond acceptors (Lipinski definition) is 4. The summed E-state index contributed by atoms with van der Waals surface area (Å²) < 4.78 is 27.1. The second-order valence-corrected chi connectivity index (χ2v) is 6.58. The van der Waals surface area contributed by atoms with Crippen molar-refractivity contribution >= 4 is 21.4 Å². The van der Waals surface area contributed by atoms with Crippen LogP contribution in [0.5, 0.6) is 0 Å². The van der Waals surface area contributed by atoms with E-state index in [0.29, 0.717) is 27.9 Å². The Hall–Kier alpha value is -2.41. The van der Waals surface area contributed by atoms with Gasteiger partial charge in [-0.3, -0.25) is 14.8 Å². The van der Waals surface area contributed by atoms with E-state index in [1.54, 1.807) is 32.0 Å². The molecule has 0 atom stereocenters. The summed E-state index contributed by atoms with van der Waals surface area (Å²) in [6.45, 7) is 3.29. The molecule has 0 saturated heterocycles. The van der Waals surface area contributed by atoms with E-state index in [-0.39, 0.29) is 10.6 Å². The standard InChI is InChI=1S/C14H12N2O4S/c1-8-9(2)14-11(7-12(8)16(17)18)10-5-3-4-6-13(10)21(19,20)15-14/h3-7,15H,1-2H3. The van der Waals surface area contributed by atoms with Crippen LogP contribution >= 0.6 is 0 Å². The van der Waals surface area contributed by atoms with Crippen LogP contribution in [0.3, 0.4) is 0 Å². The fraction of sp³-hybridized carbons (Fsp3) is 0.143. The monoisotopic (exact) mass is 304 g/mol. The second kappa shape index (κ2) is 4.29. The Morgan fingerprint density at radius 1 is 1.10 bits per heavy atom. The lowest BCUT2D eigenvalue weighted by atomic mass is 9.96. The molecule has 2 aromatic carbocycles. The maximum atomic E-state index is 12.3. The number of anilines is 1. The maximum Gasteiger partial charge on any atom is 0.273 e. The van der Waals surface area contributed by atoms with Gasteiger partial charge in [0, 0.05) is 22.8 Å². The summed E-state index contributed by atoms with van der Waals surface area (Å²) in [5.74, 6) is 0. The molecule has 6 nitrogen and oxygen atoms in total. The first-order chi connectivity index (χ1) is 9.83. The van der Waals surface area contributed by atoms with E-state index in [9.17, 15) is 18.5 Å². The molecule has 0 aliphatic carbocycles. The van der Waals surface area contributed by atoms with Gasteiger partial charge in [0.15, 0.2) is 0 Å². The predicted octanol–water partition coefficient (Wildman–Crippen LogP) is 2.99. The molecule has 3 rings (SSSR count). The summed E-state index contributed by atoms with van der Waals surface area (Å²) in [5.41, 5.74) is 2.45. The van der Waals surface area contributed by atoms with E-state index in [1.807, 2.05) is 0 Å². The molecule has 1 aliphatic rings. The second-order valence-electron chi connectivity index (χ2n) is 4.93. The fourth-order valence-corrected chi connectivity index (χ4v) is 3.91. The molecule has 0 unspecified atom stereocenters. The lowest BCUT2D eigenvalue weighted by Gasteiger charge is -2.23. The molecule has 2 aromatic rings. The first-order valence-corrected chi connectivity index (χ1v) is 7.72. The van der Waals surface area contributed by atoms with Crippen LogP contribution in [-0.2, 0) is 10.0 Å². The minimum atomic E-state index is -3.65. The van der Waals surface area contributed by atoms with Gasteiger partial charge in [0.2, 0.25) is 0 Å². The smallest absolute Gasteiger partial charge is 0.273 e. The van der Waals surface area contributed by atoms with Crippen LogP contribution in [0.15, 0.2) is 35.2 Å². The zero-order valence-corrected chi connectivity index (χ0v) is 12.2. The molecule has 0 aromatic heterocycles. The Morgan fingerprint density at radius 3 is 2.43 bits per heavy atom. The number of fused-ring (bicyclic) bond motifs is 3. The first-order valence-electron chi connectivity index (χ1n) is 6.24. The summed E-state index contributed by atoms with van der Waals surface area (Å²) in [6, 6.07) is 7.91. The highest BCUT2D eigenvalue weighted by Gasteiger charge is 2.31. The molecule has 0 fully saturated rings. The highest BCUT2D eigenvalue weighted by atomic mass is 32.2. The number of sulfonamides is 1. The predicted molar refractivity (Wildman–Crippen MR) is 78.8 cm³/mol. The number of nitrogens with zero attached hydrogens (tertiary/aromatic N) is 1. The number of hydrogen-bond donors (Lipinski definition) is 1. The van der Waals surface area contributed by atoms with Crippen molar-refractivity contribution in [3.8, 4) is 11.1 Å². The van der Waals surface area contributed by atoms with Gasteiger partial charge in [0.25, 0.3) is 15.7 Å². The summed E-state index contributed by atoms with van der Waals surface area (Å²) in [4.78, 5) is 10.9. The molecule has 108 valence electrons. The largest absolute Gasteiger partial charge is 0.279 e. The van der Waals surface area contributed by atoms with E-state index in [0.717, 1.165) is 0 Å². The zero-order valence-electron chi connectivity index (χ0n) is 11.4. The third-order valence-corrected chi connectivity index (χ3v) is 5.18. The summed E-state index contributed by atoms with van der Waals surface area (Å²) in [5, 5.41) is 11.2. The molecule has 0 bridgehead atoms. The van der Waals surface area contributed by atoms with Gasteiger partial charge >= 0.3 is 0 Å². The van der Waals surface area contributed by atoms with Crippen LogP contribution in [-0.4, -0.2) is 13.3 Å². The van der Waals surface area contributed by atoms with Gasteiger partial charge in [0.05, 0.1) is 15.5 Å². The van der Waals surface area contributed by atoms with E-state index >= 15 is 0 Å². The molecular formula is C14H12N2O4S. The molecule has 0 amide bonds. The fourth-order valence-electron chi connectivity index (χ4n) is 2.55. The zero-order chi connectivity index (χ0) is 15.4. The van der Waals surface area contributed by atoms with Gasteiger partial charge in [-0.15, -0.1) is 0 Å². The summed E-state index contributed by atoms with van der Waals surface area (Å²) in [7, 11) is -3.65. The van der Waals surface area contributed by atoms with Crippen molar-refractivity contribution in [3.63, 3.8) is 0 Å². The van der Waals surface area contributed by atoms with Crippen LogP contribution in [0.1, 0.15) is 11.1 Å². The Labute approximate surface area is 121 Å². The van der Waals surface area contributed by atoms with Crippen molar-refractivity contribution in [2.75, 3.05) is 4.72 Å². The molecule has 0 saturated carbocycles. The minimum Gasteiger partial charge on any atom is -0.279 e. The quantitative estimate of drug-likeness (QED) is 0.648. The van der Waals surface area contributed by atoms with Crippen LogP contribution in [0.4, 0.5) is 11.4 Å². The van der Waals surface area contributed by atoms with Crippen LogP contribution in [0.2, 0.25) is 0 Å². The molecule has 1 heterocycles. The summed E-state index contributed by atoms with van der Waals surface area (Å²) in [6.07, 6.45) is 0. The third-order valence-electron chi connectivity index (χ3n) is 3.77. The Bertz CT molecular complexity index is 888. The number of nitro benzene ring substituents is 1. The van der Waals surface area contributed by atoms with Crippen LogP contribution < -0.4 is 4.72 Å². The Kier molecular flexibility index (Phi) is 2.77. The van der Waals surface area contributed by atoms with Crippen molar-refractivity contribution in [1.29, 1.82) is 0 Å². The number of benzene rings is 2. The molecule has 0 radical (unpaired) electrons. The lowest BCUT2D eigenvalue weighted by molar-refractivity contribution is -0.385. The number of rotatable bonds is 1. The van der Waals surface area contributed by atoms with E-state index in [4.69, 9.17) is 0 Å². The van der Waals surface area contributed by atoms with Crippen molar-refractivity contribution in [2.45, 2.75) is 18.7 Å². The van der Waals surface area contributed by atoms with Gasteiger partial charge in [-0.05, 0) is 25.5 Å². The van der Waals surface area contributed by atoms with Crippen molar-refractivity contribution < 1.29 is 13.3 Å². The molecule has 1 N–H and O–H groups in total. The van der Waals surface area contributed by atoms with E-state index in [2.05, 4.69) is 4.72 Å². The highest BCUT2D eigenvalue weighted by Crippen LogP contribution is 2.44. The molecule has 0 spiro atoms. The van der Waals surface area contributed by atoms with Crippen molar-refractivity contribution in [2.24, 2.45) is 0 Å². The molecule has 7 heteroatoms. The summed E-state index contributed by atoms with van der Waals surface area (Å²) >= 11 is 0. The maximum absolute atomic E-state index is 12.3. The number of nitrogens with one attached hydrogen (secondary N) is 1. The normalized spacial score (nSPS) is 14.8. The van der Waals surface area contributed by atoms with Gasteiger partial charge in [-0.2, -0.15) is 0 Å². The average Bonchev–Trinajstić information content (AvgIpc) is 2.43. The average molecular weight is 304 g/mol. The van der Waals surface area contributed by atoms with Gasteiger partial charge in [-0.1, -0.05) is 18.2 Å². The SMILES string of the molecule is Cc1c([N+](=O)[O-])cc2c(c1C)NS(=O)(=O)c1ccccc1-2. The molecular weight excluding hydrogens is 292 g/mol. The van der Waals surface area contributed by atoms with E-state index < -0.39 is 14.9 Å². The molecule has 1 aliphatic heterocycles. The topological polar surface area (TPSA) is 89.3 Å². The van der Waals surface area contributed by atoms with Crippen LogP contribution in [0.25, 0.3) is 11.1 Å². The minimum absolute atomic E-state index is 0.0119. The Balaban J connectivity index is 2.44. The third kappa shape index (κ3) is 1.89. The van der Waals surface area contributed by atoms with Gasteiger partial charge in [-0.25, -0.2) is 8.42 Å². The van der Waals surface area contributed by atoms with Gasteiger partial charge in [0.1, 0.15) is 0 Å². The van der Waals surface area contributed by atoms with Crippen molar-refractivity contribution in [3.05, 3.63) is 51.6 Å². The molecule has 21 heavy (non-hydrogen) atoms. The Morgan fingerprint density at radius 2 is 1.76 bits per heavy atom. The number of nitro groups is 1. The first kappa shape index (κ1) is 13.6. The van der Waals surface area contributed by atoms with E-state index in [1.165, 1.54) is 12.1 Å². The van der Waals surface area contributed by atoms with Crippen LogP contribution in [0, 0.1) is 24.0 Å². The van der Waals surface area contributed by atoms with Crippen molar-refractivity contribution in [1.82, 2.24) is 0 Å². The highest BCUT2D eigenvalue weighted by molar-refractivity contribution is 7.93. The lowest BCUT2D eigenvalue weighted by Crippen LogP contribution is -2.20.